The van der Waals surface area contributed by atoms with E-state index in [0.717, 1.165) is 5.52 Å². The van der Waals surface area contributed by atoms with E-state index >= 15 is 0 Å². The Balaban J connectivity index is 1.96. The number of benzene rings is 1. The Kier molecular flexibility index (Phi) is 2.57. The Bertz CT molecular complexity index is 736. The van der Waals surface area contributed by atoms with E-state index in [0.29, 0.717) is 16.9 Å². The Morgan fingerprint density at radius 3 is 3.00 bits per heavy atom. The van der Waals surface area contributed by atoms with Crippen LogP contribution in [-0.4, -0.2) is 26.1 Å². The zero-order valence-corrected chi connectivity index (χ0v) is 9.79. The molecule has 0 aliphatic carbocycles. The Labute approximate surface area is 107 Å². The average molecular weight is 254 g/mol. The van der Waals surface area contributed by atoms with Crippen LogP contribution in [0.1, 0.15) is 10.5 Å². The van der Waals surface area contributed by atoms with Gasteiger partial charge in [-0.15, -0.1) is 0 Å². The lowest BCUT2D eigenvalue weighted by atomic mass is 10.2. The van der Waals surface area contributed by atoms with Gasteiger partial charge in [0.15, 0.2) is 11.5 Å². The van der Waals surface area contributed by atoms with Gasteiger partial charge in [-0.2, -0.15) is 5.10 Å². The summed E-state index contributed by atoms with van der Waals surface area (Å²) in [5, 5.41) is 10.1. The van der Waals surface area contributed by atoms with Crippen molar-refractivity contribution < 1.29 is 4.79 Å². The molecule has 4 N–H and O–H groups in total. The maximum atomic E-state index is 12.1. The number of aromatic nitrogens is 4. The lowest BCUT2D eigenvalue weighted by Gasteiger charge is -2.01. The Hall–Kier alpha value is -2.96. The van der Waals surface area contributed by atoms with Crippen LogP contribution in [0.4, 0.5) is 11.5 Å². The van der Waals surface area contributed by atoms with Crippen LogP contribution in [0.2, 0.25) is 0 Å². The largest absolute Gasteiger partial charge is 0.399 e. The summed E-state index contributed by atoms with van der Waals surface area (Å²) in [6, 6.07) is 5.21. The molecule has 0 radical (unpaired) electrons. The van der Waals surface area contributed by atoms with Gasteiger partial charge in [-0.1, -0.05) is 0 Å². The number of carbonyl (C=O) groups excluding carboxylic acids is 1. The number of nitrogens with zero attached hydrogens (tertiary/aromatic N) is 3. The van der Waals surface area contributed by atoms with Gasteiger partial charge < -0.3 is 11.1 Å². The number of hydrogen-bond acceptors (Lipinski definition) is 5. The minimum Gasteiger partial charge on any atom is -0.399 e. The van der Waals surface area contributed by atoms with E-state index in [-0.39, 0.29) is 11.6 Å². The number of hydrogen-bond donors (Lipinski definition) is 3. The smallest absolute Gasteiger partial charge is 0.277 e. The molecule has 0 aliphatic rings. The first-order valence-electron chi connectivity index (χ1n) is 5.55. The first-order chi connectivity index (χ1) is 9.24. The van der Waals surface area contributed by atoms with Crippen molar-refractivity contribution >= 4 is 28.3 Å². The van der Waals surface area contributed by atoms with Crippen molar-refractivity contribution in [1.82, 2.24) is 20.2 Å². The summed E-state index contributed by atoms with van der Waals surface area (Å²) in [6.45, 7) is 0. The second kappa shape index (κ2) is 4.37. The molecule has 0 atom stereocenters. The zero-order valence-electron chi connectivity index (χ0n) is 9.79. The van der Waals surface area contributed by atoms with Crippen molar-refractivity contribution in [3.05, 3.63) is 42.5 Å². The number of carbonyl (C=O) groups is 1. The van der Waals surface area contributed by atoms with Crippen molar-refractivity contribution in [1.29, 1.82) is 0 Å². The van der Waals surface area contributed by atoms with Crippen LogP contribution in [0.25, 0.3) is 10.9 Å². The van der Waals surface area contributed by atoms with Gasteiger partial charge in [0.2, 0.25) is 0 Å². The van der Waals surface area contributed by atoms with Crippen molar-refractivity contribution in [3.63, 3.8) is 0 Å². The summed E-state index contributed by atoms with van der Waals surface area (Å²) < 4.78 is 0. The molecule has 0 saturated carbocycles. The van der Waals surface area contributed by atoms with Crippen molar-refractivity contribution in [2.75, 3.05) is 11.1 Å². The van der Waals surface area contributed by atoms with Gasteiger partial charge in [0.25, 0.3) is 5.91 Å². The summed E-state index contributed by atoms with van der Waals surface area (Å²) in [5.41, 5.74) is 7.30. The summed E-state index contributed by atoms with van der Waals surface area (Å²) in [4.78, 5) is 19.9. The van der Waals surface area contributed by atoms with E-state index in [2.05, 4.69) is 25.5 Å². The standard InChI is InChI=1S/C12H10N6O/c13-7-1-2-9-8(5-7)11(18-17-9)12(19)16-10-6-14-3-4-15-10/h1-6H,13H2,(H,17,18)(H,15,16,19). The fourth-order valence-electron chi connectivity index (χ4n) is 1.74. The van der Waals surface area contributed by atoms with E-state index in [1.54, 1.807) is 18.2 Å². The van der Waals surface area contributed by atoms with Gasteiger partial charge in [-0.3, -0.25) is 14.9 Å². The SMILES string of the molecule is Nc1ccc2[nH]nc(C(=O)Nc3cnccn3)c2c1. The van der Waals surface area contributed by atoms with Gasteiger partial charge >= 0.3 is 0 Å². The van der Waals surface area contributed by atoms with E-state index in [9.17, 15) is 4.79 Å². The molecule has 3 rings (SSSR count). The highest BCUT2D eigenvalue weighted by molar-refractivity contribution is 6.11. The number of fused-ring (bicyclic) bond motifs is 1. The predicted molar refractivity (Wildman–Crippen MR) is 70.5 cm³/mol. The van der Waals surface area contributed by atoms with Crippen LogP contribution in [0.15, 0.2) is 36.8 Å². The predicted octanol–water partition coefficient (Wildman–Crippen LogP) is 1.19. The monoisotopic (exact) mass is 254 g/mol. The highest BCUT2D eigenvalue weighted by Crippen LogP contribution is 2.19. The maximum absolute atomic E-state index is 12.1. The Morgan fingerprint density at radius 2 is 2.21 bits per heavy atom. The Morgan fingerprint density at radius 1 is 1.32 bits per heavy atom. The molecule has 94 valence electrons. The van der Waals surface area contributed by atoms with E-state index in [1.807, 2.05) is 0 Å². The molecule has 0 saturated heterocycles. The molecule has 0 fully saturated rings. The number of aromatic amines is 1. The maximum Gasteiger partial charge on any atom is 0.277 e. The van der Waals surface area contributed by atoms with Crippen molar-refractivity contribution in [2.24, 2.45) is 0 Å². The van der Waals surface area contributed by atoms with Crippen molar-refractivity contribution in [2.45, 2.75) is 0 Å². The first-order valence-corrected chi connectivity index (χ1v) is 5.55. The summed E-state index contributed by atoms with van der Waals surface area (Å²) in [5.74, 6) is 0.00454. The lowest BCUT2D eigenvalue weighted by Crippen LogP contribution is -2.13. The third-order valence-corrected chi connectivity index (χ3v) is 2.61. The zero-order chi connectivity index (χ0) is 13.2. The average Bonchev–Trinajstić information content (AvgIpc) is 2.82. The summed E-state index contributed by atoms with van der Waals surface area (Å²) in [6.07, 6.45) is 4.48. The fourth-order valence-corrected chi connectivity index (χ4v) is 1.74. The van der Waals surface area contributed by atoms with Gasteiger partial charge in [-0.25, -0.2) is 4.98 Å². The van der Waals surface area contributed by atoms with E-state index in [4.69, 9.17) is 5.73 Å². The number of H-pyrrole nitrogens is 1. The number of rotatable bonds is 2. The molecule has 7 heteroatoms. The number of nitrogens with two attached hydrogens (primary N) is 1. The number of nitrogens with one attached hydrogen (secondary N) is 2. The van der Waals surface area contributed by atoms with Crippen LogP contribution in [0.5, 0.6) is 0 Å². The van der Waals surface area contributed by atoms with Crippen LogP contribution in [0, 0.1) is 0 Å². The van der Waals surface area contributed by atoms with Crippen LogP contribution in [-0.2, 0) is 0 Å². The topological polar surface area (TPSA) is 110 Å². The van der Waals surface area contributed by atoms with Crippen LogP contribution < -0.4 is 11.1 Å². The molecule has 1 aromatic carbocycles. The molecule has 19 heavy (non-hydrogen) atoms. The fraction of sp³-hybridized carbons (Fsp3) is 0. The molecular formula is C12H10N6O. The minimum absolute atomic E-state index is 0.271. The van der Waals surface area contributed by atoms with Crippen molar-refractivity contribution in [3.8, 4) is 0 Å². The molecule has 2 heterocycles. The van der Waals surface area contributed by atoms with Gasteiger partial charge in [0, 0.05) is 23.5 Å². The third-order valence-electron chi connectivity index (χ3n) is 2.61. The van der Waals surface area contributed by atoms with Crippen LogP contribution >= 0.6 is 0 Å². The molecule has 2 aromatic heterocycles. The molecular weight excluding hydrogens is 244 g/mol. The summed E-state index contributed by atoms with van der Waals surface area (Å²) in [7, 11) is 0. The van der Waals surface area contributed by atoms with Gasteiger partial charge in [0.05, 0.1) is 11.7 Å². The molecule has 3 aromatic rings. The van der Waals surface area contributed by atoms with E-state index < -0.39 is 0 Å². The quantitative estimate of drug-likeness (QED) is 0.595. The second-order valence-corrected chi connectivity index (χ2v) is 3.92. The second-order valence-electron chi connectivity index (χ2n) is 3.92. The number of nitrogen functional groups attached to an aromatic ring is 1. The van der Waals surface area contributed by atoms with Gasteiger partial charge in [-0.05, 0) is 18.2 Å². The minimum atomic E-state index is -0.364. The molecule has 1 amide bonds. The molecule has 0 spiro atoms. The summed E-state index contributed by atoms with van der Waals surface area (Å²) >= 11 is 0. The first kappa shape index (κ1) is 11.1. The van der Waals surface area contributed by atoms with E-state index in [1.165, 1.54) is 18.6 Å². The molecule has 7 nitrogen and oxygen atoms in total. The highest BCUT2D eigenvalue weighted by Gasteiger charge is 2.14. The van der Waals surface area contributed by atoms with Crippen LogP contribution in [0.3, 0.4) is 0 Å². The molecule has 0 aliphatic heterocycles. The lowest BCUT2D eigenvalue weighted by molar-refractivity contribution is 0.102. The molecule has 0 bridgehead atoms. The molecule has 0 unspecified atom stereocenters. The normalized spacial score (nSPS) is 10.5. The highest BCUT2D eigenvalue weighted by atomic mass is 16.2. The third kappa shape index (κ3) is 2.08. The number of anilines is 2. The van der Waals surface area contributed by atoms with Gasteiger partial charge in [0.1, 0.15) is 0 Å². The number of amides is 1.